The van der Waals surface area contributed by atoms with Crippen LogP contribution in [0.2, 0.25) is 5.02 Å². The molecule has 0 fully saturated rings. The first-order valence-electron chi connectivity index (χ1n) is 7.55. The number of nitrogens with one attached hydrogen (secondary N) is 1. The quantitative estimate of drug-likeness (QED) is 0.768. The molecule has 2 aromatic carbocycles. The fourth-order valence-electron chi connectivity index (χ4n) is 2.26. The van der Waals surface area contributed by atoms with Crippen molar-refractivity contribution in [2.75, 3.05) is 6.54 Å². The molecule has 24 heavy (non-hydrogen) atoms. The minimum absolute atomic E-state index is 0.184. The number of halogens is 1. The molecule has 0 spiro atoms. The van der Waals surface area contributed by atoms with Crippen LogP contribution in [-0.4, -0.2) is 22.6 Å². The lowest BCUT2D eigenvalue weighted by molar-refractivity contribution is 0.0953. The number of carbonyl (C=O) groups is 1. The normalized spacial score (nSPS) is 10.6. The first kappa shape index (κ1) is 16.2. The smallest absolute Gasteiger partial charge is 0.251 e. The van der Waals surface area contributed by atoms with Crippen LogP contribution in [0.5, 0.6) is 0 Å². The molecule has 0 radical (unpaired) electrons. The van der Waals surface area contributed by atoms with E-state index in [0.717, 1.165) is 11.1 Å². The molecule has 1 heterocycles. The summed E-state index contributed by atoms with van der Waals surface area (Å²) in [4.78, 5) is 12.0. The standard InChI is InChI=1S/C18H16ClN3O2/c1-12-4-2-6-14(10-12)18-22-21-16(24-18)8-9-20-17(23)13-5-3-7-15(19)11-13/h2-7,10-11H,8-9H2,1H3,(H,20,23). The zero-order chi connectivity index (χ0) is 16.9. The number of rotatable bonds is 5. The predicted octanol–water partition coefficient (Wildman–Crippen LogP) is 3.67. The zero-order valence-electron chi connectivity index (χ0n) is 13.1. The van der Waals surface area contributed by atoms with Crippen molar-refractivity contribution in [3.05, 3.63) is 70.6 Å². The highest BCUT2D eigenvalue weighted by Gasteiger charge is 2.10. The highest BCUT2D eigenvalue weighted by molar-refractivity contribution is 6.30. The van der Waals surface area contributed by atoms with Gasteiger partial charge in [-0.15, -0.1) is 10.2 Å². The van der Waals surface area contributed by atoms with Crippen LogP contribution < -0.4 is 5.32 Å². The fraction of sp³-hybridized carbons (Fsp3) is 0.167. The van der Waals surface area contributed by atoms with Crippen molar-refractivity contribution < 1.29 is 9.21 Å². The molecule has 1 N–H and O–H groups in total. The predicted molar refractivity (Wildman–Crippen MR) is 92.0 cm³/mol. The summed E-state index contributed by atoms with van der Waals surface area (Å²) in [5, 5.41) is 11.4. The van der Waals surface area contributed by atoms with Gasteiger partial charge in [0.05, 0.1) is 0 Å². The number of aromatic nitrogens is 2. The molecule has 1 aromatic heterocycles. The van der Waals surface area contributed by atoms with Gasteiger partial charge in [-0.2, -0.15) is 0 Å². The number of hydrogen-bond acceptors (Lipinski definition) is 4. The Hall–Kier alpha value is -2.66. The van der Waals surface area contributed by atoms with Crippen LogP contribution in [-0.2, 0) is 6.42 Å². The molecule has 3 aromatic rings. The molecule has 122 valence electrons. The molecule has 0 aliphatic heterocycles. The zero-order valence-corrected chi connectivity index (χ0v) is 13.9. The summed E-state index contributed by atoms with van der Waals surface area (Å²) in [6, 6.07) is 14.7. The maximum Gasteiger partial charge on any atom is 0.251 e. The first-order chi connectivity index (χ1) is 11.6. The minimum atomic E-state index is -0.184. The summed E-state index contributed by atoms with van der Waals surface area (Å²) < 4.78 is 5.64. The number of aryl methyl sites for hydroxylation is 1. The Morgan fingerprint density at radius 3 is 2.79 bits per heavy atom. The minimum Gasteiger partial charge on any atom is -0.421 e. The summed E-state index contributed by atoms with van der Waals surface area (Å²) in [5.41, 5.74) is 2.53. The van der Waals surface area contributed by atoms with Crippen molar-refractivity contribution in [1.29, 1.82) is 0 Å². The van der Waals surface area contributed by atoms with E-state index < -0.39 is 0 Å². The molecule has 1 amide bonds. The summed E-state index contributed by atoms with van der Waals surface area (Å²) in [7, 11) is 0. The Morgan fingerprint density at radius 2 is 2.00 bits per heavy atom. The van der Waals surface area contributed by atoms with E-state index in [2.05, 4.69) is 15.5 Å². The Balaban J connectivity index is 1.57. The summed E-state index contributed by atoms with van der Waals surface area (Å²) in [5.74, 6) is 0.781. The molecular formula is C18H16ClN3O2. The van der Waals surface area contributed by atoms with Gasteiger partial charge in [0.2, 0.25) is 11.8 Å². The monoisotopic (exact) mass is 341 g/mol. The molecule has 0 unspecified atom stereocenters. The molecule has 0 saturated carbocycles. The molecule has 0 aliphatic carbocycles. The summed E-state index contributed by atoms with van der Waals surface area (Å²) in [6.45, 7) is 2.41. The number of amides is 1. The van der Waals surface area contributed by atoms with Gasteiger partial charge >= 0.3 is 0 Å². The molecule has 5 nitrogen and oxygen atoms in total. The highest BCUT2D eigenvalue weighted by Crippen LogP contribution is 2.18. The van der Waals surface area contributed by atoms with Gasteiger partial charge in [-0.3, -0.25) is 4.79 Å². The van der Waals surface area contributed by atoms with E-state index in [1.54, 1.807) is 24.3 Å². The number of carbonyl (C=O) groups excluding carboxylic acids is 1. The third-order valence-electron chi connectivity index (χ3n) is 3.44. The Morgan fingerprint density at radius 1 is 1.17 bits per heavy atom. The molecule has 0 aliphatic rings. The van der Waals surface area contributed by atoms with E-state index in [9.17, 15) is 4.79 Å². The lowest BCUT2D eigenvalue weighted by Gasteiger charge is -2.03. The van der Waals surface area contributed by atoms with Gasteiger partial charge in [0.15, 0.2) is 0 Å². The SMILES string of the molecule is Cc1cccc(-c2nnc(CCNC(=O)c3cccc(Cl)c3)o2)c1. The van der Waals surface area contributed by atoms with Crippen LogP contribution in [0.15, 0.2) is 52.9 Å². The van der Waals surface area contributed by atoms with E-state index >= 15 is 0 Å². The third kappa shape index (κ3) is 4.00. The average Bonchev–Trinajstić information content (AvgIpc) is 3.04. The van der Waals surface area contributed by atoms with Crippen molar-refractivity contribution in [2.24, 2.45) is 0 Å². The van der Waals surface area contributed by atoms with Crippen LogP contribution in [0.3, 0.4) is 0 Å². The van der Waals surface area contributed by atoms with E-state index in [1.807, 2.05) is 31.2 Å². The molecular weight excluding hydrogens is 326 g/mol. The van der Waals surface area contributed by atoms with Crippen LogP contribution in [0.25, 0.3) is 11.5 Å². The molecule has 6 heteroatoms. The van der Waals surface area contributed by atoms with Gasteiger partial charge in [-0.1, -0.05) is 35.4 Å². The second-order valence-corrected chi connectivity index (χ2v) is 5.82. The molecule has 3 rings (SSSR count). The maximum absolute atomic E-state index is 12.0. The van der Waals surface area contributed by atoms with Crippen molar-refractivity contribution in [1.82, 2.24) is 15.5 Å². The van der Waals surface area contributed by atoms with Gasteiger partial charge in [-0.25, -0.2) is 0 Å². The van der Waals surface area contributed by atoms with Crippen LogP contribution in [0, 0.1) is 6.92 Å². The Bertz CT molecular complexity index is 861. The fourth-order valence-corrected chi connectivity index (χ4v) is 2.45. The summed E-state index contributed by atoms with van der Waals surface area (Å²) >= 11 is 5.88. The van der Waals surface area contributed by atoms with Gasteiger partial charge in [0.25, 0.3) is 5.91 Å². The lowest BCUT2D eigenvalue weighted by atomic mass is 10.1. The van der Waals surface area contributed by atoms with Crippen molar-refractivity contribution in [3.8, 4) is 11.5 Å². The maximum atomic E-state index is 12.0. The molecule has 0 atom stereocenters. The molecule has 0 bridgehead atoms. The number of benzene rings is 2. The number of nitrogens with zero attached hydrogens (tertiary/aromatic N) is 2. The Labute approximate surface area is 144 Å². The van der Waals surface area contributed by atoms with Gasteiger partial charge in [0, 0.05) is 29.1 Å². The van der Waals surface area contributed by atoms with E-state index in [4.69, 9.17) is 16.0 Å². The molecule has 0 saturated heterocycles. The largest absolute Gasteiger partial charge is 0.421 e. The highest BCUT2D eigenvalue weighted by atomic mass is 35.5. The van der Waals surface area contributed by atoms with E-state index in [0.29, 0.717) is 35.3 Å². The Kier molecular flexibility index (Phi) is 4.91. The second-order valence-electron chi connectivity index (χ2n) is 5.39. The van der Waals surface area contributed by atoms with Crippen LogP contribution >= 0.6 is 11.6 Å². The number of hydrogen-bond donors (Lipinski definition) is 1. The van der Waals surface area contributed by atoms with E-state index in [-0.39, 0.29) is 5.91 Å². The first-order valence-corrected chi connectivity index (χ1v) is 7.93. The van der Waals surface area contributed by atoms with Crippen LogP contribution in [0.4, 0.5) is 0 Å². The van der Waals surface area contributed by atoms with Gasteiger partial charge in [0.1, 0.15) is 0 Å². The van der Waals surface area contributed by atoms with Crippen molar-refractivity contribution >= 4 is 17.5 Å². The lowest BCUT2D eigenvalue weighted by Crippen LogP contribution is -2.25. The van der Waals surface area contributed by atoms with Crippen LogP contribution in [0.1, 0.15) is 21.8 Å². The average molecular weight is 342 g/mol. The van der Waals surface area contributed by atoms with Gasteiger partial charge in [-0.05, 0) is 37.3 Å². The van der Waals surface area contributed by atoms with Crippen molar-refractivity contribution in [2.45, 2.75) is 13.3 Å². The van der Waals surface area contributed by atoms with Crippen molar-refractivity contribution in [3.63, 3.8) is 0 Å². The third-order valence-corrected chi connectivity index (χ3v) is 3.68. The topological polar surface area (TPSA) is 68.0 Å². The second kappa shape index (κ2) is 7.27. The van der Waals surface area contributed by atoms with E-state index in [1.165, 1.54) is 0 Å². The summed E-state index contributed by atoms with van der Waals surface area (Å²) in [6.07, 6.45) is 0.463. The van der Waals surface area contributed by atoms with Gasteiger partial charge < -0.3 is 9.73 Å².